The molecule has 0 heterocycles. The molecule has 21 heavy (non-hydrogen) atoms. The Bertz CT molecular complexity index is 659. The molecule has 0 aromatic heterocycles. The molecular formula is C16H14BrCl2NO. The highest BCUT2D eigenvalue weighted by atomic mass is 79.9. The highest BCUT2D eigenvalue weighted by molar-refractivity contribution is 9.10. The zero-order valence-corrected chi connectivity index (χ0v) is 14.3. The van der Waals surface area contributed by atoms with Crippen LogP contribution in [0.25, 0.3) is 0 Å². The lowest BCUT2D eigenvalue weighted by Crippen LogP contribution is -2.15. The normalized spacial score (nSPS) is 14.2. The molecule has 0 unspecified atom stereocenters. The second-order valence-electron chi connectivity index (χ2n) is 5.09. The van der Waals surface area contributed by atoms with Crippen LogP contribution in [0.5, 0.6) is 11.5 Å². The Morgan fingerprint density at radius 3 is 2.62 bits per heavy atom. The molecule has 2 aromatic rings. The van der Waals surface area contributed by atoms with Gasteiger partial charge >= 0.3 is 0 Å². The average Bonchev–Trinajstić information content (AvgIpc) is 3.27. The summed E-state index contributed by atoms with van der Waals surface area (Å²) in [7, 11) is 0. The van der Waals surface area contributed by atoms with E-state index in [-0.39, 0.29) is 0 Å². The third kappa shape index (κ3) is 4.13. The predicted molar refractivity (Wildman–Crippen MR) is 90.5 cm³/mol. The summed E-state index contributed by atoms with van der Waals surface area (Å²) in [5.74, 6) is 1.50. The van der Waals surface area contributed by atoms with E-state index in [1.165, 1.54) is 12.8 Å². The van der Waals surface area contributed by atoms with Crippen LogP contribution in [0.2, 0.25) is 10.0 Å². The van der Waals surface area contributed by atoms with Crippen LogP contribution in [0.3, 0.4) is 0 Å². The van der Waals surface area contributed by atoms with Gasteiger partial charge in [-0.25, -0.2) is 0 Å². The third-order valence-corrected chi connectivity index (χ3v) is 4.53. The molecule has 0 radical (unpaired) electrons. The first-order valence-electron chi connectivity index (χ1n) is 6.76. The van der Waals surface area contributed by atoms with Crippen molar-refractivity contribution >= 4 is 39.1 Å². The maximum Gasteiger partial charge on any atom is 0.131 e. The lowest BCUT2D eigenvalue weighted by atomic mass is 10.2. The zero-order chi connectivity index (χ0) is 14.8. The summed E-state index contributed by atoms with van der Waals surface area (Å²) in [4.78, 5) is 0. The van der Waals surface area contributed by atoms with Gasteiger partial charge in [-0.1, -0.05) is 39.1 Å². The zero-order valence-electron chi connectivity index (χ0n) is 11.2. The summed E-state index contributed by atoms with van der Waals surface area (Å²) in [5, 5.41) is 4.51. The lowest BCUT2D eigenvalue weighted by molar-refractivity contribution is 0.472. The van der Waals surface area contributed by atoms with E-state index in [1.54, 1.807) is 12.1 Å². The lowest BCUT2D eigenvalue weighted by Gasteiger charge is -2.13. The number of halogens is 3. The summed E-state index contributed by atoms with van der Waals surface area (Å²) >= 11 is 15.5. The van der Waals surface area contributed by atoms with Crippen LogP contribution in [0.4, 0.5) is 0 Å². The van der Waals surface area contributed by atoms with E-state index < -0.39 is 0 Å². The maximum absolute atomic E-state index is 6.02. The molecule has 0 amide bonds. The largest absolute Gasteiger partial charge is 0.457 e. The van der Waals surface area contributed by atoms with Crippen LogP contribution in [0.15, 0.2) is 40.9 Å². The van der Waals surface area contributed by atoms with Gasteiger partial charge in [-0.3, -0.25) is 0 Å². The molecule has 5 heteroatoms. The van der Waals surface area contributed by atoms with Gasteiger partial charge in [0.2, 0.25) is 0 Å². The molecule has 0 atom stereocenters. The fourth-order valence-corrected chi connectivity index (χ4v) is 2.69. The molecule has 1 N–H and O–H groups in total. The summed E-state index contributed by atoms with van der Waals surface area (Å²) in [6.07, 6.45) is 2.52. The first-order chi connectivity index (χ1) is 10.1. The molecule has 1 saturated carbocycles. The molecule has 110 valence electrons. The SMILES string of the molecule is Clc1ccc(Oc2ccc(Br)cc2CNC2CC2)cc1Cl. The maximum atomic E-state index is 6.02. The van der Waals surface area contributed by atoms with Gasteiger partial charge in [0, 0.05) is 28.7 Å². The minimum absolute atomic E-state index is 0.490. The molecule has 1 fully saturated rings. The van der Waals surface area contributed by atoms with E-state index in [1.807, 2.05) is 18.2 Å². The van der Waals surface area contributed by atoms with Gasteiger partial charge in [0.25, 0.3) is 0 Å². The van der Waals surface area contributed by atoms with Crippen molar-refractivity contribution in [3.63, 3.8) is 0 Å². The Morgan fingerprint density at radius 2 is 1.90 bits per heavy atom. The standard InChI is InChI=1S/C16H14BrCl2NO/c17-11-1-6-16(10(7-11)9-20-12-2-3-12)21-13-4-5-14(18)15(19)8-13/h1,4-8,12,20H,2-3,9H2. The fraction of sp³-hybridized carbons (Fsp3) is 0.250. The van der Waals surface area contributed by atoms with Crippen molar-refractivity contribution < 1.29 is 4.74 Å². The van der Waals surface area contributed by atoms with Gasteiger partial charge < -0.3 is 10.1 Å². The first-order valence-corrected chi connectivity index (χ1v) is 8.31. The second-order valence-corrected chi connectivity index (χ2v) is 6.82. The quantitative estimate of drug-likeness (QED) is 0.700. The molecule has 2 nitrogen and oxygen atoms in total. The van der Waals surface area contributed by atoms with Gasteiger partial charge in [0.05, 0.1) is 10.0 Å². The smallest absolute Gasteiger partial charge is 0.131 e. The van der Waals surface area contributed by atoms with E-state index in [0.717, 1.165) is 22.3 Å². The van der Waals surface area contributed by atoms with Gasteiger partial charge in [-0.15, -0.1) is 0 Å². The van der Waals surface area contributed by atoms with Gasteiger partial charge in [0.15, 0.2) is 0 Å². The van der Waals surface area contributed by atoms with Crippen molar-refractivity contribution in [1.82, 2.24) is 5.32 Å². The highest BCUT2D eigenvalue weighted by Crippen LogP contribution is 2.32. The van der Waals surface area contributed by atoms with Crippen molar-refractivity contribution in [3.8, 4) is 11.5 Å². The van der Waals surface area contributed by atoms with E-state index in [9.17, 15) is 0 Å². The minimum Gasteiger partial charge on any atom is -0.457 e. The Hall–Kier alpha value is -0.740. The molecular weight excluding hydrogens is 373 g/mol. The predicted octanol–water partition coefficient (Wildman–Crippen LogP) is 5.80. The van der Waals surface area contributed by atoms with Crippen molar-refractivity contribution in [2.75, 3.05) is 0 Å². The minimum atomic E-state index is 0.490. The first kappa shape index (κ1) is 15.2. The Kier molecular flexibility index (Phi) is 4.75. The monoisotopic (exact) mass is 385 g/mol. The Morgan fingerprint density at radius 1 is 1.10 bits per heavy atom. The highest BCUT2D eigenvalue weighted by Gasteiger charge is 2.20. The van der Waals surface area contributed by atoms with E-state index >= 15 is 0 Å². The van der Waals surface area contributed by atoms with Crippen molar-refractivity contribution in [1.29, 1.82) is 0 Å². The molecule has 0 saturated heterocycles. The Balaban J connectivity index is 1.80. The Labute approximate surface area is 142 Å². The molecule has 1 aliphatic rings. The van der Waals surface area contributed by atoms with Crippen LogP contribution in [-0.4, -0.2) is 6.04 Å². The van der Waals surface area contributed by atoms with Crippen LogP contribution in [-0.2, 0) is 6.54 Å². The van der Waals surface area contributed by atoms with Crippen molar-refractivity contribution in [3.05, 3.63) is 56.5 Å². The van der Waals surface area contributed by atoms with Gasteiger partial charge in [-0.2, -0.15) is 0 Å². The second kappa shape index (κ2) is 6.57. The van der Waals surface area contributed by atoms with Gasteiger partial charge in [0.1, 0.15) is 11.5 Å². The number of rotatable bonds is 5. The summed E-state index contributed by atoms with van der Waals surface area (Å²) in [6.45, 7) is 0.792. The van der Waals surface area contributed by atoms with E-state index in [0.29, 0.717) is 21.8 Å². The summed E-state index contributed by atoms with van der Waals surface area (Å²) in [6, 6.07) is 11.9. The van der Waals surface area contributed by atoms with Crippen LogP contribution < -0.4 is 10.1 Å². The van der Waals surface area contributed by atoms with Crippen molar-refractivity contribution in [2.24, 2.45) is 0 Å². The topological polar surface area (TPSA) is 21.3 Å². The number of hydrogen-bond acceptors (Lipinski definition) is 2. The number of ether oxygens (including phenoxy) is 1. The number of nitrogens with one attached hydrogen (secondary N) is 1. The fourth-order valence-electron chi connectivity index (χ4n) is 1.99. The molecule has 1 aliphatic carbocycles. The van der Waals surface area contributed by atoms with Gasteiger partial charge in [-0.05, 0) is 43.2 Å². The molecule has 0 bridgehead atoms. The van der Waals surface area contributed by atoms with E-state index in [2.05, 4.69) is 27.3 Å². The van der Waals surface area contributed by atoms with Crippen LogP contribution in [0.1, 0.15) is 18.4 Å². The number of hydrogen-bond donors (Lipinski definition) is 1. The third-order valence-electron chi connectivity index (χ3n) is 3.30. The van der Waals surface area contributed by atoms with E-state index in [4.69, 9.17) is 27.9 Å². The molecule has 3 rings (SSSR count). The molecule has 0 spiro atoms. The number of benzene rings is 2. The summed E-state index contributed by atoms with van der Waals surface area (Å²) < 4.78 is 6.99. The average molecular weight is 387 g/mol. The van der Waals surface area contributed by atoms with Crippen LogP contribution in [0, 0.1) is 0 Å². The summed E-state index contributed by atoms with van der Waals surface area (Å²) in [5.41, 5.74) is 1.11. The molecule has 0 aliphatic heterocycles. The van der Waals surface area contributed by atoms with Crippen molar-refractivity contribution in [2.45, 2.75) is 25.4 Å². The molecule has 2 aromatic carbocycles. The van der Waals surface area contributed by atoms with Crippen LogP contribution >= 0.6 is 39.1 Å².